The van der Waals surface area contributed by atoms with Gasteiger partial charge >= 0.3 is 5.97 Å². The van der Waals surface area contributed by atoms with Crippen molar-refractivity contribution in [3.05, 3.63) is 62.6 Å². The first kappa shape index (κ1) is 15.0. The number of carbonyl (C=O) groups excluding carboxylic acids is 1. The molecule has 0 heterocycles. The van der Waals surface area contributed by atoms with Gasteiger partial charge in [-0.2, -0.15) is 0 Å². The second-order valence-electron chi connectivity index (χ2n) is 3.99. The minimum absolute atomic E-state index is 0.0979. The van der Waals surface area contributed by atoms with Crippen LogP contribution in [0.25, 0.3) is 0 Å². The van der Waals surface area contributed by atoms with Gasteiger partial charge in [0.2, 0.25) is 0 Å². The van der Waals surface area contributed by atoms with E-state index in [9.17, 15) is 14.9 Å². The molecule has 21 heavy (non-hydrogen) atoms. The summed E-state index contributed by atoms with van der Waals surface area (Å²) in [7, 11) is 1.53. The highest BCUT2D eigenvalue weighted by molar-refractivity contribution is 9.10. The number of benzene rings is 2. The fourth-order valence-corrected chi connectivity index (χ4v) is 1.98. The normalized spacial score (nSPS) is 10.0. The van der Waals surface area contributed by atoms with E-state index in [-0.39, 0.29) is 11.3 Å². The van der Waals surface area contributed by atoms with Crippen LogP contribution >= 0.6 is 15.9 Å². The summed E-state index contributed by atoms with van der Waals surface area (Å²) in [6, 6.07) is 10.5. The number of rotatable bonds is 4. The third-order valence-corrected chi connectivity index (χ3v) is 3.32. The molecule has 0 spiro atoms. The molecule has 2 aromatic rings. The Bertz CT molecular complexity index is 684. The van der Waals surface area contributed by atoms with Gasteiger partial charge < -0.3 is 9.47 Å². The van der Waals surface area contributed by atoms with Crippen LogP contribution in [0.4, 0.5) is 5.69 Å². The molecule has 0 saturated heterocycles. The lowest BCUT2D eigenvalue weighted by molar-refractivity contribution is -0.385. The SMILES string of the molecule is COc1ccc(OC(=O)c2ccc(Br)c([N+](=O)[O-])c2)cc1. The zero-order valence-corrected chi connectivity index (χ0v) is 12.5. The Morgan fingerprint density at radius 1 is 1.14 bits per heavy atom. The fraction of sp³-hybridized carbons (Fsp3) is 0.0714. The van der Waals surface area contributed by atoms with Crippen molar-refractivity contribution in [3.8, 4) is 11.5 Å². The first-order valence-corrected chi connectivity index (χ1v) is 6.60. The Kier molecular flexibility index (Phi) is 4.54. The molecule has 0 aliphatic heterocycles. The Labute approximate surface area is 128 Å². The van der Waals surface area contributed by atoms with Crippen LogP contribution < -0.4 is 9.47 Å². The zero-order valence-electron chi connectivity index (χ0n) is 10.9. The van der Waals surface area contributed by atoms with E-state index in [1.165, 1.54) is 19.2 Å². The van der Waals surface area contributed by atoms with Gasteiger partial charge in [0, 0.05) is 6.07 Å². The highest BCUT2D eigenvalue weighted by atomic mass is 79.9. The molecule has 108 valence electrons. The van der Waals surface area contributed by atoms with Crippen LogP contribution in [0.5, 0.6) is 11.5 Å². The Morgan fingerprint density at radius 3 is 2.33 bits per heavy atom. The average Bonchev–Trinajstić information content (AvgIpc) is 2.48. The van der Waals surface area contributed by atoms with Crippen LogP contribution in [-0.4, -0.2) is 18.0 Å². The zero-order chi connectivity index (χ0) is 15.4. The Morgan fingerprint density at radius 2 is 1.76 bits per heavy atom. The molecule has 0 saturated carbocycles. The van der Waals surface area contributed by atoms with E-state index in [4.69, 9.17) is 9.47 Å². The van der Waals surface area contributed by atoms with Gasteiger partial charge in [-0.1, -0.05) is 0 Å². The molecular weight excluding hydrogens is 342 g/mol. The summed E-state index contributed by atoms with van der Waals surface area (Å²) in [5, 5.41) is 10.8. The second-order valence-corrected chi connectivity index (χ2v) is 4.84. The molecule has 0 unspecified atom stereocenters. The van der Waals surface area contributed by atoms with Crippen molar-refractivity contribution in [2.24, 2.45) is 0 Å². The van der Waals surface area contributed by atoms with Crippen molar-refractivity contribution in [1.29, 1.82) is 0 Å². The molecule has 0 atom stereocenters. The number of ether oxygens (including phenoxy) is 2. The summed E-state index contributed by atoms with van der Waals surface area (Å²) in [5.41, 5.74) is -0.0973. The maximum absolute atomic E-state index is 12.0. The topological polar surface area (TPSA) is 78.7 Å². The largest absolute Gasteiger partial charge is 0.497 e. The number of hydrogen-bond acceptors (Lipinski definition) is 5. The van der Waals surface area contributed by atoms with Crippen molar-refractivity contribution >= 4 is 27.6 Å². The van der Waals surface area contributed by atoms with Gasteiger partial charge in [-0.25, -0.2) is 4.79 Å². The third kappa shape index (κ3) is 3.57. The lowest BCUT2D eigenvalue weighted by atomic mass is 10.2. The monoisotopic (exact) mass is 351 g/mol. The minimum atomic E-state index is -0.671. The number of nitro groups is 1. The number of esters is 1. The molecule has 7 heteroatoms. The molecule has 0 fully saturated rings. The molecule has 0 amide bonds. The predicted octanol–water partition coefficient (Wildman–Crippen LogP) is 3.59. The van der Waals surface area contributed by atoms with Crippen molar-refractivity contribution in [1.82, 2.24) is 0 Å². The number of nitro benzene ring substituents is 1. The molecule has 6 nitrogen and oxygen atoms in total. The van der Waals surface area contributed by atoms with Crippen molar-refractivity contribution < 1.29 is 19.2 Å². The molecule has 0 radical (unpaired) electrons. The van der Waals surface area contributed by atoms with E-state index in [0.717, 1.165) is 6.07 Å². The van der Waals surface area contributed by atoms with Gasteiger partial charge in [0.15, 0.2) is 0 Å². The van der Waals surface area contributed by atoms with Gasteiger partial charge in [0.05, 0.1) is 22.1 Å². The molecule has 2 aromatic carbocycles. The molecule has 0 bridgehead atoms. The van der Waals surface area contributed by atoms with Crippen LogP contribution in [0, 0.1) is 10.1 Å². The van der Waals surface area contributed by atoms with E-state index >= 15 is 0 Å². The lowest BCUT2D eigenvalue weighted by Crippen LogP contribution is -2.09. The van der Waals surface area contributed by atoms with Gasteiger partial charge in [0.1, 0.15) is 11.5 Å². The molecular formula is C14H10BrNO5. The lowest BCUT2D eigenvalue weighted by Gasteiger charge is -2.05. The molecule has 2 rings (SSSR count). The van der Waals surface area contributed by atoms with Crippen LogP contribution in [0.15, 0.2) is 46.9 Å². The summed E-state index contributed by atoms with van der Waals surface area (Å²) >= 11 is 3.06. The van der Waals surface area contributed by atoms with Crippen LogP contribution in [0.2, 0.25) is 0 Å². The molecule has 0 aromatic heterocycles. The number of methoxy groups -OCH3 is 1. The third-order valence-electron chi connectivity index (χ3n) is 2.65. The van der Waals surface area contributed by atoms with Crippen LogP contribution in [0.3, 0.4) is 0 Å². The number of hydrogen-bond donors (Lipinski definition) is 0. The Balaban J connectivity index is 2.19. The minimum Gasteiger partial charge on any atom is -0.497 e. The summed E-state index contributed by atoms with van der Waals surface area (Å²) < 4.78 is 10.4. The van der Waals surface area contributed by atoms with Crippen molar-refractivity contribution in [3.63, 3.8) is 0 Å². The maximum Gasteiger partial charge on any atom is 0.343 e. The number of carbonyl (C=O) groups is 1. The fourth-order valence-electron chi connectivity index (χ4n) is 1.59. The van der Waals surface area contributed by atoms with E-state index in [2.05, 4.69) is 15.9 Å². The standard InChI is InChI=1S/C14H10BrNO5/c1-20-10-3-5-11(6-4-10)21-14(17)9-2-7-12(15)13(8-9)16(18)19/h2-8H,1H3. The van der Waals surface area contributed by atoms with Crippen molar-refractivity contribution in [2.45, 2.75) is 0 Å². The first-order chi connectivity index (χ1) is 10.0. The highest BCUT2D eigenvalue weighted by Gasteiger charge is 2.17. The second kappa shape index (κ2) is 6.36. The molecule has 0 aliphatic carbocycles. The van der Waals surface area contributed by atoms with Gasteiger partial charge in [0.25, 0.3) is 5.69 Å². The van der Waals surface area contributed by atoms with E-state index < -0.39 is 10.9 Å². The van der Waals surface area contributed by atoms with Gasteiger partial charge in [-0.05, 0) is 52.3 Å². The summed E-state index contributed by atoms with van der Waals surface area (Å²) in [4.78, 5) is 22.2. The average molecular weight is 352 g/mol. The smallest absolute Gasteiger partial charge is 0.343 e. The number of nitrogens with zero attached hydrogens (tertiary/aromatic N) is 1. The van der Waals surface area contributed by atoms with E-state index in [1.54, 1.807) is 24.3 Å². The van der Waals surface area contributed by atoms with E-state index in [1.807, 2.05) is 0 Å². The summed E-state index contributed by atoms with van der Waals surface area (Å²) in [6.07, 6.45) is 0. The molecule has 0 aliphatic rings. The Hall–Kier alpha value is -2.41. The van der Waals surface area contributed by atoms with Gasteiger partial charge in [-0.15, -0.1) is 0 Å². The first-order valence-electron chi connectivity index (χ1n) is 5.81. The quantitative estimate of drug-likeness (QED) is 0.364. The van der Waals surface area contributed by atoms with Crippen LogP contribution in [0.1, 0.15) is 10.4 Å². The van der Waals surface area contributed by atoms with Gasteiger partial charge in [-0.3, -0.25) is 10.1 Å². The summed E-state index contributed by atoms with van der Waals surface area (Å²) in [6.45, 7) is 0. The summed E-state index contributed by atoms with van der Waals surface area (Å²) in [5.74, 6) is 0.288. The number of halogens is 1. The highest BCUT2D eigenvalue weighted by Crippen LogP contribution is 2.26. The van der Waals surface area contributed by atoms with Crippen LogP contribution in [-0.2, 0) is 0 Å². The van der Waals surface area contributed by atoms with Crippen molar-refractivity contribution in [2.75, 3.05) is 7.11 Å². The van der Waals surface area contributed by atoms with E-state index in [0.29, 0.717) is 16.0 Å². The maximum atomic E-state index is 12.0. The predicted molar refractivity (Wildman–Crippen MR) is 78.7 cm³/mol. The molecule has 0 N–H and O–H groups in total.